The average Bonchev–Trinajstić information content (AvgIpc) is 3.38. The first-order valence-corrected chi connectivity index (χ1v) is 34.6. The number of allylic oxidation sites excluding steroid dienone is 3. The summed E-state index contributed by atoms with van der Waals surface area (Å²) in [6.07, 6.45) is 67.2. The van der Waals surface area contributed by atoms with Gasteiger partial charge >= 0.3 is 5.97 Å². The monoisotopic (exact) mass is 1090 g/mol. The number of quaternary nitrogens is 1. The van der Waals surface area contributed by atoms with Gasteiger partial charge in [0.05, 0.1) is 33.8 Å². The zero-order valence-corrected chi connectivity index (χ0v) is 52.4. The van der Waals surface area contributed by atoms with E-state index in [9.17, 15) is 19.0 Å². The van der Waals surface area contributed by atoms with Gasteiger partial charge in [0, 0.05) is 12.8 Å². The van der Waals surface area contributed by atoms with Crippen molar-refractivity contribution >= 4 is 19.7 Å². The van der Waals surface area contributed by atoms with Crippen molar-refractivity contribution in [3.8, 4) is 0 Å². The largest absolute Gasteiger partial charge is 0.756 e. The Morgan fingerprint density at radius 3 is 1.12 bits per heavy atom. The van der Waals surface area contributed by atoms with Crippen LogP contribution in [0, 0.1) is 0 Å². The van der Waals surface area contributed by atoms with Gasteiger partial charge in [-0.3, -0.25) is 14.2 Å². The molecule has 450 valence electrons. The third-order valence-electron chi connectivity index (χ3n) is 15.1. The molecule has 3 atom stereocenters. The molecule has 0 saturated heterocycles. The molecule has 0 aromatic carbocycles. The molecule has 1 N–H and O–H groups in total. The molecule has 0 radical (unpaired) electrons. The number of nitrogens with one attached hydrogen (secondary N) is 1. The van der Waals surface area contributed by atoms with Crippen LogP contribution >= 0.6 is 7.82 Å². The zero-order chi connectivity index (χ0) is 55.7. The van der Waals surface area contributed by atoms with Crippen molar-refractivity contribution in [3.63, 3.8) is 0 Å². The van der Waals surface area contributed by atoms with Crippen molar-refractivity contribution in [3.05, 3.63) is 24.3 Å². The number of carbonyl (C=O) groups excluding carboxylic acids is 2. The van der Waals surface area contributed by atoms with Crippen LogP contribution in [0.4, 0.5) is 0 Å². The molecule has 0 fully saturated rings. The number of likely N-dealkylation sites (N-methyl/N-ethyl adjacent to an activating group) is 1. The Bertz CT molecular complexity index is 1350. The molecule has 0 spiro atoms. The summed E-state index contributed by atoms with van der Waals surface area (Å²) in [4.78, 5) is 40.0. The minimum atomic E-state index is -4.69. The summed E-state index contributed by atoms with van der Waals surface area (Å²) >= 11 is 0. The van der Waals surface area contributed by atoms with Crippen LogP contribution in [-0.2, 0) is 27.9 Å². The van der Waals surface area contributed by atoms with Crippen LogP contribution in [0.5, 0.6) is 0 Å². The second-order valence-electron chi connectivity index (χ2n) is 24.0. The van der Waals surface area contributed by atoms with E-state index in [2.05, 4.69) is 38.2 Å². The van der Waals surface area contributed by atoms with Gasteiger partial charge < -0.3 is 28.5 Å². The van der Waals surface area contributed by atoms with E-state index < -0.39 is 20.0 Å². The SMILES string of the molecule is CCCCCCCC/C=C/CCCCCCCCCCCCCCCC(=O)OC(/C=C/CCCCCCCCCCCC)C(COP(=O)([O-])OCC[N+](C)(C)C)NC(=O)CCCCCCCCCCCCCCCCC. The van der Waals surface area contributed by atoms with Crippen molar-refractivity contribution in [2.24, 2.45) is 0 Å². The van der Waals surface area contributed by atoms with Crippen molar-refractivity contribution in [1.29, 1.82) is 0 Å². The van der Waals surface area contributed by atoms with Gasteiger partial charge in [0.25, 0.3) is 7.82 Å². The molecule has 0 heterocycles. The number of amides is 1. The highest BCUT2D eigenvalue weighted by molar-refractivity contribution is 7.45. The molecule has 0 aromatic heterocycles. The van der Waals surface area contributed by atoms with E-state index in [1.165, 1.54) is 244 Å². The highest BCUT2D eigenvalue weighted by atomic mass is 31.2. The Labute approximate surface area is 473 Å². The highest BCUT2D eigenvalue weighted by Crippen LogP contribution is 2.38. The lowest BCUT2D eigenvalue weighted by atomic mass is 10.0. The first-order chi connectivity index (χ1) is 36.9. The minimum Gasteiger partial charge on any atom is -0.756 e. The molecule has 0 aliphatic carbocycles. The number of esters is 1. The lowest BCUT2D eigenvalue weighted by molar-refractivity contribution is -0.870. The smallest absolute Gasteiger partial charge is 0.306 e. The maximum atomic E-state index is 13.5. The van der Waals surface area contributed by atoms with Crippen LogP contribution in [-0.4, -0.2) is 69.4 Å². The summed E-state index contributed by atoms with van der Waals surface area (Å²) < 4.78 is 30.4. The number of carbonyl (C=O) groups is 2. The molecule has 3 unspecified atom stereocenters. The highest BCUT2D eigenvalue weighted by Gasteiger charge is 2.27. The average molecular weight is 1090 g/mol. The lowest BCUT2D eigenvalue weighted by Gasteiger charge is -2.30. The summed E-state index contributed by atoms with van der Waals surface area (Å²) in [6, 6.07) is -0.882. The topological polar surface area (TPSA) is 114 Å². The normalized spacial score (nSPS) is 13.7. The number of phosphoric acid groups is 1. The molecule has 0 saturated carbocycles. The molecular weight excluding hydrogens is 964 g/mol. The third kappa shape index (κ3) is 57.2. The Morgan fingerprint density at radius 2 is 0.763 bits per heavy atom. The van der Waals surface area contributed by atoms with Gasteiger partial charge in [0.15, 0.2) is 0 Å². The third-order valence-corrected chi connectivity index (χ3v) is 16.1. The van der Waals surface area contributed by atoms with Gasteiger partial charge in [-0.1, -0.05) is 289 Å². The Hall–Kier alpha value is -1.51. The number of rotatable bonds is 61. The summed E-state index contributed by atoms with van der Waals surface area (Å²) in [5.41, 5.74) is 0. The van der Waals surface area contributed by atoms with Crippen LogP contribution in [0.2, 0.25) is 0 Å². The van der Waals surface area contributed by atoms with Crippen LogP contribution < -0.4 is 10.2 Å². The Kier molecular flexibility index (Phi) is 55.6. The maximum absolute atomic E-state index is 13.5. The van der Waals surface area contributed by atoms with E-state index >= 15 is 0 Å². The quantitative estimate of drug-likeness (QED) is 0.0212. The molecule has 9 nitrogen and oxygen atoms in total. The van der Waals surface area contributed by atoms with E-state index in [1.54, 1.807) is 0 Å². The van der Waals surface area contributed by atoms with Crippen LogP contribution in [0.15, 0.2) is 24.3 Å². The fourth-order valence-corrected chi connectivity index (χ4v) is 10.7. The van der Waals surface area contributed by atoms with Gasteiger partial charge in [0.2, 0.25) is 5.91 Å². The second-order valence-corrected chi connectivity index (χ2v) is 25.4. The van der Waals surface area contributed by atoms with Crippen molar-refractivity contribution in [2.45, 2.75) is 348 Å². The predicted octanol–water partition coefficient (Wildman–Crippen LogP) is 19.9. The zero-order valence-electron chi connectivity index (χ0n) is 51.5. The second kappa shape index (κ2) is 56.8. The van der Waals surface area contributed by atoms with Crippen LogP contribution in [0.1, 0.15) is 335 Å². The number of phosphoric ester groups is 1. The number of unbranched alkanes of at least 4 members (excludes halogenated alkanes) is 43. The van der Waals surface area contributed by atoms with Gasteiger partial charge in [-0.05, 0) is 57.4 Å². The molecule has 0 aliphatic rings. The number of hydrogen-bond donors (Lipinski definition) is 1. The van der Waals surface area contributed by atoms with Gasteiger partial charge in [-0.2, -0.15) is 0 Å². The molecule has 10 heteroatoms. The maximum Gasteiger partial charge on any atom is 0.306 e. The van der Waals surface area contributed by atoms with Crippen LogP contribution in [0.3, 0.4) is 0 Å². The Morgan fingerprint density at radius 1 is 0.447 bits per heavy atom. The fraction of sp³-hybridized carbons (Fsp3) is 0.909. The molecule has 76 heavy (non-hydrogen) atoms. The van der Waals surface area contributed by atoms with Crippen molar-refractivity contribution in [1.82, 2.24) is 5.32 Å². The van der Waals surface area contributed by atoms with E-state index in [0.717, 1.165) is 57.8 Å². The summed E-state index contributed by atoms with van der Waals surface area (Å²) in [5.74, 6) is -0.522. The van der Waals surface area contributed by atoms with Gasteiger partial charge in [-0.25, -0.2) is 0 Å². The lowest BCUT2D eigenvalue weighted by Crippen LogP contribution is -2.47. The van der Waals surface area contributed by atoms with Crippen molar-refractivity contribution in [2.75, 3.05) is 40.9 Å². The fourth-order valence-electron chi connectivity index (χ4n) is 9.99. The summed E-state index contributed by atoms with van der Waals surface area (Å²) in [7, 11) is 1.20. The molecular formula is C66H129N2O7P. The summed E-state index contributed by atoms with van der Waals surface area (Å²) in [5, 5.41) is 3.04. The number of hydrogen-bond acceptors (Lipinski definition) is 7. The van der Waals surface area contributed by atoms with Gasteiger partial charge in [-0.15, -0.1) is 0 Å². The first kappa shape index (κ1) is 74.5. The van der Waals surface area contributed by atoms with Crippen molar-refractivity contribution < 1.29 is 37.3 Å². The molecule has 0 aromatic rings. The standard InChI is InChI=1S/C66H129N2O7P/c1-7-10-13-16-19-22-25-28-30-31-32-33-34-35-36-37-39-41-44-47-50-53-56-59-66(70)75-64(57-54-51-48-45-42-27-24-21-18-15-12-9-3)63(62-74-76(71,72)73-61-60-68(4,5)6)67-65(69)58-55-52-49-46-43-40-38-29-26-23-20-17-14-11-8-2/h28,30,54,57,63-64H,7-27,29,31-53,55-56,58-62H2,1-6H3,(H-,67,69,71,72)/b30-28+,57-54+. The first-order valence-electron chi connectivity index (χ1n) is 33.1. The molecule has 0 rings (SSSR count). The number of nitrogens with zero attached hydrogens (tertiary/aromatic N) is 1. The van der Waals surface area contributed by atoms with E-state index in [4.69, 9.17) is 13.8 Å². The molecule has 0 aliphatic heterocycles. The molecule has 1 amide bonds. The minimum absolute atomic E-state index is 0.0182. The van der Waals surface area contributed by atoms with Crippen LogP contribution in [0.25, 0.3) is 0 Å². The Balaban J connectivity index is 5.09. The number of ether oxygens (including phenoxy) is 1. The van der Waals surface area contributed by atoms with E-state index in [-0.39, 0.29) is 31.5 Å². The van der Waals surface area contributed by atoms with E-state index in [0.29, 0.717) is 17.4 Å². The summed E-state index contributed by atoms with van der Waals surface area (Å²) in [6.45, 7) is 6.89. The van der Waals surface area contributed by atoms with E-state index in [1.807, 2.05) is 33.3 Å². The predicted molar refractivity (Wildman–Crippen MR) is 326 cm³/mol. The van der Waals surface area contributed by atoms with Gasteiger partial charge in [0.1, 0.15) is 19.3 Å². The molecule has 0 bridgehead atoms.